The molecule has 0 saturated carbocycles. The van der Waals surface area contributed by atoms with E-state index in [1.807, 2.05) is 11.3 Å². The number of halogens is 1. The van der Waals surface area contributed by atoms with Gasteiger partial charge in [-0.1, -0.05) is 6.92 Å². The fourth-order valence-corrected chi connectivity index (χ4v) is 3.90. The average molecular weight is 301 g/mol. The molecule has 1 aromatic heterocycles. The molecule has 106 valence electrons. The zero-order chi connectivity index (χ0) is 12.7. The number of hydrogen-bond acceptors (Lipinski definition) is 3. The molecule has 0 spiro atoms. The molecule has 0 bridgehead atoms. The van der Waals surface area contributed by atoms with Crippen LogP contribution in [0, 0.1) is 11.8 Å². The Labute approximate surface area is 124 Å². The van der Waals surface area contributed by atoms with Crippen LogP contribution in [0.3, 0.4) is 0 Å². The number of amides is 1. The van der Waals surface area contributed by atoms with E-state index in [1.54, 1.807) is 0 Å². The first-order valence-corrected chi connectivity index (χ1v) is 7.64. The van der Waals surface area contributed by atoms with E-state index in [4.69, 9.17) is 0 Å². The molecule has 1 amide bonds. The van der Waals surface area contributed by atoms with Crippen molar-refractivity contribution in [3.8, 4) is 0 Å². The first-order valence-electron chi connectivity index (χ1n) is 6.76. The zero-order valence-electron chi connectivity index (χ0n) is 11.4. The second-order valence-corrected chi connectivity index (χ2v) is 6.46. The molecule has 0 aliphatic carbocycles. The van der Waals surface area contributed by atoms with Gasteiger partial charge in [-0.25, -0.2) is 0 Å². The van der Waals surface area contributed by atoms with Gasteiger partial charge in [0.2, 0.25) is 5.91 Å². The molecule has 1 aromatic rings. The minimum atomic E-state index is 0. The number of carbonyl (C=O) groups excluding carboxylic acids is 1. The average Bonchev–Trinajstić information content (AvgIpc) is 2.75. The topological polar surface area (TPSA) is 32.3 Å². The number of nitrogens with zero attached hydrogens (tertiary/aromatic N) is 1. The lowest BCUT2D eigenvalue weighted by atomic mass is 9.87. The van der Waals surface area contributed by atoms with Crippen LogP contribution in [-0.4, -0.2) is 30.4 Å². The van der Waals surface area contributed by atoms with Gasteiger partial charge < -0.3 is 10.2 Å². The highest BCUT2D eigenvalue weighted by atomic mass is 35.5. The monoisotopic (exact) mass is 300 g/mol. The van der Waals surface area contributed by atoms with Crippen molar-refractivity contribution in [2.45, 2.75) is 26.3 Å². The van der Waals surface area contributed by atoms with Gasteiger partial charge >= 0.3 is 0 Å². The quantitative estimate of drug-likeness (QED) is 0.910. The van der Waals surface area contributed by atoms with Gasteiger partial charge in [-0.2, -0.15) is 0 Å². The second-order valence-electron chi connectivity index (χ2n) is 5.46. The zero-order valence-corrected chi connectivity index (χ0v) is 13.0. The molecule has 2 atom stereocenters. The predicted molar refractivity (Wildman–Crippen MR) is 80.9 cm³/mol. The molecule has 3 nitrogen and oxygen atoms in total. The molecule has 3 heterocycles. The summed E-state index contributed by atoms with van der Waals surface area (Å²) in [6, 6.07) is 2.43. The van der Waals surface area contributed by atoms with Crippen LogP contribution >= 0.6 is 23.7 Å². The number of rotatable bonds is 2. The summed E-state index contributed by atoms with van der Waals surface area (Å²) in [5, 5.41) is 5.40. The molecule has 2 aliphatic rings. The summed E-state index contributed by atoms with van der Waals surface area (Å²) >= 11 is 1.83. The van der Waals surface area contributed by atoms with Crippen LogP contribution in [0.25, 0.3) is 0 Å². The third kappa shape index (κ3) is 2.54. The lowest BCUT2D eigenvalue weighted by molar-refractivity contribution is -0.140. The Morgan fingerprint density at radius 3 is 2.89 bits per heavy atom. The standard InChI is InChI=1S/C14H20N2OS.ClH/c1-9(11-7-15-8-11)14(17)16-5-3-13-12(10(16)2)4-6-18-13;/h4,6,9-11,15H,3,5,7-8H2,1-2H3;1H. The first-order chi connectivity index (χ1) is 8.68. The van der Waals surface area contributed by atoms with Gasteiger partial charge in [-0.3, -0.25) is 4.79 Å². The molecule has 1 N–H and O–H groups in total. The number of thiophene rings is 1. The van der Waals surface area contributed by atoms with Crippen LogP contribution in [-0.2, 0) is 11.2 Å². The van der Waals surface area contributed by atoms with E-state index in [9.17, 15) is 4.79 Å². The highest BCUT2D eigenvalue weighted by Gasteiger charge is 2.35. The number of fused-ring (bicyclic) bond motifs is 1. The summed E-state index contributed by atoms with van der Waals surface area (Å²) in [4.78, 5) is 16.1. The fraction of sp³-hybridized carbons (Fsp3) is 0.643. The molecule has 2 aliphatic heterocycles. The number of hydrogen-bond donors (Lipinski definition) is 1. The SMILES string of the molecule is CC(C(=O)N1CCc2sccc2C1C)C1CNC1.Cl. The van der Waals surface area contributed by atoms with Gasteiger partial charge in [-0.05, 0) is 49.4 Å². The van der Waals surface area contributed by atoms with E-state index in [1.165, 1.54) is 10.4 Å². The molecule has 1 fully saturated rings. The van der Waals surface area contributed by atoms with Crippen molar-refractivity contribution in [2.75, 3.05) is 19.6 Å². The van der Waals surface area contributed by atoms with E-state index in [-0.39, 0.29) is 24.4 Å². The van der Waals surface area contributed by atoms with Crippen molar-refractivity contribution >= 4 is 29.7 Å². The smallest absolute Gasteiger partial charge is 0.226 e. The second kappa shape index (κ2) is 5.81. The predicted octanol–water partition coefficient (Wildman–Crippen LogP) is 2.47. The molecular formula is C14H21ClN2OS. The van der Waals surface area contributed by atoms with Gasteiger partial charge in [-0.15, -0.1) is 23.7 Å². The summed E-state index contributed by atoms with van der Waals surface area (Å²) in [5.41, 5.74) is 1.36. The summed E-state index contributed by atoms with van der Waals surface area (Å²) in [5.74, 6) is 1.04. The maximum atomic E-state index is 12.6. The Balaban J connectivity index is 0.00000133. The fourth-order valence-electron chi connectivity index (χ4n) is 2.94. The van der Waals surface area contributed by atoms with E-state index in [0.29, 0.717) is 11.8 Å². The number of carbonyl (C=O) groups is 1. The van der Waals surface area contributed by atoms with Crippen LogP contribution < -0.4 is 5.32 Å². The van der Waals surface area contributed by atoms with Gasteiger partial charge in [0, 0.05) is 17.3 Å². The van der Waals surface area contributed by atoms with E-state index >= 15 is 0 Å². The third-order valence-electron chi connectivity index (χ3n) is 4.47. The van der Waals surface area contributed by atoms with Crippen molar-refractivity contribution in [1.82, 2.24) is 10.2 Å². The van der Waals surface area contributed by atoms with Gasteiger partial charge in [0.1, 0.15) is 0 Å². The van der Waals surface area contributed by atoms with Gasteiger partial charge in [0.25, 0.3) is 0 Å². The van der Waals surface area contributed by atoms with Crippen molar-refractivity contribution in [2.24, 2.45) is 11.8 Å². The molecule has 1 saturated heterocycles. The molecular weight excluding hydrogens is 280 g/mol. The Morgan fingerprint density at radius 1 is 1.53 bits per heavy atom. The Bertz CT molecular complexity index is 458. The third-order valence-corrected chi connectivity index (χ3v) is 5.47. The minimum Gasteiger partial charge on any atom is -0.335 e. The normalized spacial score (nSPS) is 24.1. The van der Waals surface area contributed by atoms with Crippen LogP contribution in [0.5, 0.6) is 0 Å². The van der Waals surface area contributed by atoms with Gasteiger partial charge in [0.05, 0.1) is 6.04 Å². The first kappa shape index (κ1) is 14.8. The van der Waals surface area contributed by atoms with E-state index < -0.39 is 0 Å². The maximum absolute atomic E-state index is 12.6. The number of nitrogens with one attached hydrogen (secondary N) is 1. The molecule has 3 rings (SSSR count). The van der Waals surface area contributed by atoms with E-state index in [0.717, 1.165) is 26.1 Å². The molecule has 5 heteroatoms. The highest BCUT2D eigenvalue weighted by Crippen LogP contribution is 2.34. The molecule has 19 heavy (non-hydrogen) atoms. The highest BCUT2D eigenvalue weighted by molar-refractivity contribution is 7.10. The van der Waals surface area contributed by atoms with Crippen LogP contribution in [0.4, 0.5) is 0 Å². The summed E-state index contributed by atoms with van der Waals surface area (Å²) in [7, 11) is 0. The Hall–Kier alpha value is -0.580. The lowest BCUT2D eigenvalue weighted by Gasteiger charge is -2.39. The van der Waals surface area contributed by atoms with Gasteiger partial charge in [0.15, 0.2) is 0 Å². The van der Waals surface area contributed by atoms with Crippen molar-refractivity contribution in [3.63, 3.8) is 0 Å². The van der Waals surface area contributed by atoms with Crippen molar-refractivity contribution in [3.05, 3.63) is 21.9 Å². The summed E-state index contributed by atoms with van der Waals surface area (Å²) in [6.45, 7) is 7.13. The largest absolute Gasteiger partial charge is 0.335 e. The maximum Gasteiger partial charge on any atom is 0.226 e. The van der Waals surface area contributed by atoms with Crippen molar-refractivity contribution < 1.29 is 4.79 Å². The summed E-state index contributed by atoms with van der Waals surface area (Å²) < 4.78 is 0. The molecule has 0 aromatic carbocycles. The van der Waals surface area contributed by atoms with Crippen LogP contribution in [0.15, 0.2) is 11.4 Å². The summed E-state index contributed by atoms with van der Waals surface area (Å²) in [6.07, 6.45) is 1.03. The Kier molecular flexibility index (Phi) is 4.54. The minimum absolute atomic E-state index is 0. The van der Waals surface area contributed by atoms with Crippen LogP contribution in [0.1, 0.15) is 30.3 Å². The van der Waals surface area contributed by atoms with Crippen LogP contribution in [0.2, 0.25) is 0 Å². The molecule has 2 unspecified atom stereocenters. The Morgan fingerprint density at radius 2 is 2.26 bits per heavy atom. The lowest BCUT2D eigenvalue weighted by Crippen LogP contribution is -2.51. The molecule has 0 radical (unpaired) electrons. The van der Waals surface area contributed by atoms with E-state index in [2.05, 4.69) is 35.5 Å². The van der Waals surface area contributed by atoms with Crippen molar-refractivity contribution in [1.29, 1.82) is 0 Å².